The Morgan fingerprint density at radius 1 is 0.925 bits per heavy atom. The van der Waals surface area contributed by atoms with Crippen molar-refractivity contribution in [1.29, 1.82) is 0 Å². The number of hydrogen-bond donors (Lipinski definition) is 3. The lowest BCUT2D eigenvalue weighted by atomic mass is 9.55. The van der Waals surface area contributed by atoms with Gasteiger partial charge in [-0.05, 0) is 110 Å². The number of nitrogens with zero attached hydrogens (tertiary/aromatic N) is 2. The van der Waals surface area contributed by atoms with Crippen LogP contribution in [0.4, 0.5) is 9.59 Å². The predicted molar refractivity (Wildman–Crippen MR) is 261 cm³/mol. The van der Waals surface area contributed by atoms with E-state index in [1.54, 1.807) is 23.1 Å². The molecule has 0 bridgehead atoms. The molecule has 0 aromatic heterocycles. The molecule has 3 N–H and O–H groups in total. The van der Waals surface area contributed by atoms with Gasteiger partial charge < -0.3 is 39.3 Å². The lowest BCUT2D eigenvalue weighted by molar-refractivity contribution is -0.256. The van der Waals surface area contributed by atoms with Gasteiger partial charge in [-0.25, -0.2) is 9.59 Å². The van der Waals surface area contributed by atoms with E-state index in [2.05, 4.69) is 42.7 Å². The van der Waals surface area contributed by atoms with Crippen molar-refractivity contribution in [3.05, 3.63) is 145 Å². The molecule has 0 radical (unpaired) electrons. The predicted octanol–water partition coefficient (Wildman–Crippen LogP) is 10.8. The number of aliphatic hydroxyl groups excluding tert-OH is 2. The molecule has 12 nitrogen and oxygen atoms in total. The lowest BCUT2D eigenvalue weighted by Gasteiger charge is -2.60. The van der Waals surface area contributed by atoms with Crippen molar-refractivity contribution < 1.29 is 43.6 Å². The SMILES string of the molecule is C=CCCOC(=O)N(Cc1cccc2ccccc12)[C@H]1CC(=NOC(C)(C)C)C2=C[C@H](CCCCO)[C@@H](CCCCO)[C@@H]3c4cc(OC(=O)NCc5ccccc5)ccc4O[C@@]1(OCC=C)[C@H]23. The number of carbonyl (C=O) groups excluding carboxylic acids is 2. The van der Waals surface area contributed by atoms with Crippen LogP contribution in [-0.4, -0.2) is 76.9 Å². The normalized spacial score (nSPS) is 22.4. The Morgan fingerprint density at radius 2 is 1.67 bits per heavy atom. The standard InChI is InChI=1S/C55H67N3O9/c1-6-8-32-63-53(62)58(37-41-24-18-23-39-21-12-13-25-43(39)41)49-35-47(57-67-54(3,4)5)45-33-40(22-14-16-29-59)44(26-15-17-30-60)50-46-34-42(65-52(61)56-36-38-19-10-9-11-20-38)27-28-48(46)66-55(49,51(45)50)64-31-7-2/h6-7,9-13,18-21,23-25,27-28,33-34,40,44,49-51,59-60H,1-2,8,14-17,22,26,29-32,35-37H2,3-5H3,(H,56,61)/t40-,44+,49-,50+,51+,55+/m0/s1. The van der Waals surface area contributed by atoms with Crippen LogP contribution in [0.5, 0.6) is 11.5 Å². The molecule has 4 aromatic rings. The smallest absolute Gasteiger partial charge is 0.412 e. The molecule has 2 amide bonds. The molecule has 356 valence electrons. The number of unbranched alkanes of at least 4 members (excludes halogenated alkanes) is 2. The van der Waals surface area contributed by atoms with Crippen molar-refractivity contribution in [2.24, 2.45) is 22.9 Å². The fourth-order valence-electron chi connectivity index (χ4n) is 10.0. The summed E-state index contributed by atoms with van der Waals surface area (Å²) >= 11 is 0. The Bertz CT molecular complexity index is 2390. The minimum atomic E-state index is -1.53. The molecule has 12 heteroatoms. The van der Waals surface area contributed by atoms with Gasteiger partial charge in [-0.1, -0.05) is 109 Å². The van der Waals surface area contributed by atoms with Crippen LogP contribution in [0.3, 0.4) is 0 Å². The number of fused-ring (bicyclic) bond motifs is 3. The fraction of sp³-hybridized carbons (Fsp3) is 0.436. The first kappa shape index (κ1) is 49.0. The molecule has 2 aliphatic carbocycles. The summed E-state index contributed by atoms with van der Waals surface area (Å²) < 4.78 is 26.7. The topological polar surface area (TPSA) is 148 Å². The third kappa shape index (κ3) is 11.6. The van der Waals surface area contributed by atoms with Gasteiger partial charge >= 0.3 is 12.2 Å². The number of ether oxygens (including phenoxy) is 4. The van der Waals surface area contributed by atoms with Crippen LogP contribution >= 0.6 is 0 Å². The summed E-state index contributed by atoms with van der Waals surface area (Å²) in [6.45, 7) is 14.6. The van der Waals surface area contributed by atoms with E-state index in [9.17, 15) is 19.8 Å². The zero-order valence-corrected chi connectivity index (χ0v) is 39.2. The van der Waals surface area contributed by atoms with E-state index in [4.69, 9.17) is 28.9 Å². The molecule has 0 unspecified atom stereocenters. The first-order valence-corrected chi connectivity index (χ1v) is 23.8. The number of allylic oxidation sites excluding steroid dienone is 1. The third-order valence-corrected chi connectivity index (χ3v) is 12.9. The zero-order chi connectivity index (χ0) is 47.4. The van der Waals surface area contributed by atoms with E-state index < -0.39 is 35.5 Å². The molecular weight excluding hydrogens is 847 g/mol. The second-order valence-corrected chi connectivity index (χ2v) is 18.7. The summed E-state index contributed by atoms with van der Waals surface area (Å²) in [5.74, 6) is -1.59. The molecular formula is C55H67N3O9. The molecule has 67 heavy (non-hydrogen) atoms. The van der Waals surface area contributed by atoms with E-state index in [0.717, 1.165) is 58.7 Å². The Morgan fingerprint density at radius 3 is 2.42 bits per heavy atom. The minimum absolute atomic E-state index is 0.00957. The van der Waals surface area contributed by atoms with Crippen molar-refractivity contribution in [2.45, 2.75) is 109 Å². The fourth-order valence-corrected chi connectivity index (χ4v) is 10.0. The molecule has 6 atom stereocenters. The van der Waals surface area contributed by atoms with Crippen LogP contribution in [0.25, 0.3) is 10.8 Å². The first-order chi connectivity index (χ1) is 32.5. The van der Waals surface area contributed by atoms with Crippen LogP contribution in [0, 0.1) is 17.8 Å². The summed E-state index contributed by atoms with van der Waals surface area (Å²) in [5.41, 5.74) is 3.59. The van der Waals surface area contributed by atoms with Gasteiger partial charge in [0, 0.05) is 37.7 Å². The van der Waals surface area contributed by atoms with Gasteiger partial charge in [-0.2, -0.15) is 0 Å². The van der Waals surface area contributed by atoms with Crippen molar-refractivity contribution in [3.63, 3.8) is 0 Å². The van der Waals surface area contributed by atoms with Gasteiger partial charge in [-0.3, -0.25) is 4.90 Å². The minimum Gasteiger partial charge on any atom is -0.459 e. The number of benzene rings is 4. The zero-order valence-electron chi connectivity index (χ0n) is 39.2. The summed E-state index contributed by atoms with van der Waals surface area (Å²) in [6, 6.07) is 28.4. The van der Waals surface area contributed by atoms with Crippen LogP contribution in [0.1, 0.15) is 94.7 Å². The maximum Gasteiger partial charge on any atom is 0.412 e. The van der Waals surface area contributed by atoms with Crippen molar-refractivity contribution in [1.82, 2.24) is 10.2 Å². The molecule has 0 saturated heterocycles. The van der Waals surface area contributed by atoms with Gasteiger partial charge in [0.1, 0.15) is 23.1 Å². The Kier molecular flexibility index (Phi) is 16.6. The molecule has 1 saturated carbocycles. The number of rotatable bonds is 21. The lowest BCUT2D eigenvalue weighted by Crippen LogP contribution is -2.70. The van der Waals surface area contributed by atoms with Gasteiger partial charge in [0.25, 0.3) is 0 Å². The Labute approximate surface area is 395 Å². The van der Waals surface area contributed by atoms with E-state index in [1.807, 2.05) is 87.5 Å². The van der Waals surface area contributed by atoms with Crippen molar-refractivity contribution in [2.75, 3.05) is 26.4 Å². The van der Waals surface area contributed by atoms with Gasteiger partial charge in [0.05, 0.1) is 31.4 Å². The molecule has 7 rings (SSSR count). The number of amides is 2. The highest BCUT2D eigenvalue weighted by atomic mass is 16.7. The molecule has 4 aromatic carbocycles. The monoisotopic (exact) mass is 913 g/mol. The summed E-state index contributed by atoms with van der Waals surface area (Å²) in [5, 5.41) is 29.9. The Balaban J connectivity index is 1.44. The first-order valence-electron chi connectivity index (χ1n) is 23.8. The molecule has 1 fully saturated rings. The summed E-state index contributed by atoms with van der Waals surface area (Å²) in [7, 11) is 0. The highest BCUT2D eigenvalue weighted by Gasteiger charge is 2.66. The van der Waals surface area contributed by atoms with Crippen LogP contribution in [0.2, 0.25) is 0 Å². The number of nitrogens with one attached hydrogen (secondary N) is 1. The Hall–Kier alpha value is -5.95. The second-order valence-electron chi connectivity index (χ2n) is 18.7. The van der Waals surface area contributed by atoms with Gasteiger partial charge in [0.2, 0.25) is 5.79 Å². The van der Waals surface area contributed by atoms with Crippen molar-refractivity contribution in [3.8, 4) is 11.5 Å². The number of hydrogen-bond acceptors (Lipinski definition) is 10. The van der Waals surface area contributed by atoms with E-state index in [1.165, 1.54) is 0 Å². The maximum atomic E-state index is 14.9. The number of carbonyl (C=O) groups is 2. The van der Waals surface area contributed by atoms with Crippen molar-refractivity contribution >= 4 is 28.7 Å². The average molecular weight is 914 g/mol. The number of oxime groups is 1. The van der Waals surface area contributed by atoms with E-state index >= 15 is 0 Å². The molecule has 3 aliphatic rings. The van der Waals surface area contributed by atoms with Crippen LogP contribution in [0.15, 0.2) is 133 Å². The van der Waals surface area contributed by atoms with Gasteiger partial charge in [0.15, 0.2) is 0 Å². The highest BCUT2D eigenvalue weighted by molar-refractivity contribution is 6.03. The molecule has 1 heterocycles. The summed E-state index contributed by atoms with van der Waals surface area (Å²) in [6.07, 6.45) is 9.56. The quantitative estimate of drug-likeness (QED) is 0.0422. The second kappa shape index (κ2) is 22.7. The third-order valence-electron chi connectivity index (χ3n) is 12.9. The highest BCUT2D eigenvalue weighted by Crippen LogP contribution is 2.62. The largest absolute Gasteiger partial charge is 0.459 e. The molecule has 0 spiro atoms. The van der Waals surface area contributed by atoms with Crippen LogP contribution in [-0.2, 0) is 27.4 Å². The van der Waals surface area contributed by atoms with E-state index in [0.29, 0.717) is 43.0 Å². The van der Waals surface area contributed by atoms with E-state index in [-0.39, 0.29) is 57.1 Å². The molecule has 1 aliphatic heterocycles. The van der Waals surface area contributed by atoms with Crippen LogP contribution < -0.4 is 14.8 Å². The maximum absolute atomic E-state index is 14.9. The summed E-state index contributed by atoms with van der Waals surface area (Å²) in [4.78, 5) is 36.4. The number of aliphatic hydroxyl groups is 2. The van der Waals surface area contributed by atoms with Gasteiger partial charge in [-0.15, -0.1) is 13.2 Å². The average Bonchev–Trinajstić information content (AvgIpc) is 3.32.